The summed E-state index contributed by atoms with van der Waals surface area (Å²) in [5.74, 6) is -0.837. The first-order valence-electron chi connectivity index (χ1n) is 8.01. The van der Waals surface area contributed by atoms with Gasteiger partial charge in [-0.15, -0.1) is 0 Å². The van der Waals surface area contributed by atoms with Gasteiger partial charge in [0.05, 0.1) is 17.7 Å². The lowest BCUT2D eigenvalue weighted by atomic mass is 10.2. The molecule has 142 valence electrons. The van der Waals surface area contributed by atoms with Gasteiger partial charge < -0.3 is 5.11 Å². The number of carbonyl (C=O) groups is 1. The van der Waals surface area contributed by atoms with E-state index < -0.39 is 16.5 Å². The van der Waals surface area contributed by atoms with Gasteiger partial charge in [-0.1, -0.05) is 40.2 Å². The molecule has 0 unspecified atom stereocenters. The predicted molar refractivity (Wildman–Crippen MR) is 105 cm³/mol. The number of phenolic OH excluding ortho intramolecular Hbond substituents is 1. The molecule has 3 rings (SSSR count). The number of aromatic hydroxyl groups is 1. The Morgan fingerprint density at radius 3 is 2.82 bits per heavy atom. The molecule has 10 heteroatoms. The van der Waals surface area contributed by atoms with Crippen molar-refractivity contribution >= 4 is 33.7 Å². The van der Waals surface area contributed by atoms with Crippen LogP contribution < -0.4 is 5.43 Å². The number of nitrogens with zero attached hydrogens (tertiary/aromatic N) is 4. The number of halogens is 1. The van der Waals surface area contributed by atoms with E-state index in [1.54, 1.807) is 18.2 Å². The van der Waals surface area contributed by atoms with Gasteiger partial charge in [0.1, 0.15) is 11.9 Å². The molecule has 0 saturated heterocycles. The summed E-state index contributed by atoms with van der Waals surface area (Å²) in [4.78, 5) is 22.9. The number of hydrogen-bond donors (Lipinski definition) is 2. The number of aromatic nitrogens is 2. The predicted octanol–water partition coefficient (Wildman–Crippen LogP) is 3.07. The Hall–Kier alpha value is -3.53. The van der Waals surface area contributed by atoms with Gasteiger partial charge in [0.15, 0.2) is 0 Å². The molecule has 0 aliphatic rings. The summed E-state index contributed by atoms with van der Waals surface area (Å²) in [6.07, 6.45) is 2.43. The molecule has 0 bridgehead atoms. The first kappa shape index (κ1) is 19.2. The number of rotatable bonds is 6. The number of hydrogen-bond acceptors (Lipinski definition) is 6. The van der Waals surface area contributed by atoms with Crippen molar-refractivity contribution < 1.29 is 14.8 Å². The average Bonchev–Trinajstić information content (AvgIpc) is 3.07. The molecular weight excluding hydrogens is 430 g/mol. The summed E-state index contributed by atoms with van der Waals surface area (Å²) in [5.41, 5.74) is 2.65. The topological polar surface area (TPSA) is 123 Å². The zero-order valence-electron chi connectivity index (χ0n) is 14.3. The fraction of sp³-hybridized carbons (Fsp3) is 0.0556. The maximum Gasteiger partial charge on any atom is 0.320 e. The summed E-state index contributed by atoms with van der Waals surface area (Å²) in [6.45, 7) is 0.259. The molecular formula is C18H14BrN5O4. The van der Waals surface area contributed by atoms with Crippen LogP contribution in [0.15, 0.2) is 64.3 Å². The molecule has 0 aliphatic heterocycles. The van der Waals surface area contributed by atoms with Crippen molar-refractivity contribution in [2.75, 3.05) is 0 Å². The minimum atomic E-state index is -0.827. The molecule has 1 amide bonds. The summed E-state index contributed by atoms with van der Waals surface area (Å²) in [7, 11) is 0. The number of phenols is 1. The highest BCUT2D eigenvalue weighted by Gasteiger charge is 2.25. The van der Waals surface area contributed by atoms with E-state index in [4.69, 9.17) is 0 Å². The van der Waals surface area contributed by atoms with Crippen molar-refractivity contribution in [2.45, 2.75) is 6.54 Å². The number of para-hydroxylation sites is 1. The quantitative estimate of drug-likeness (QED) is 0.344. The molecule has 0 atom stereocenters. The van der Waals surface area contributed by atoms with Crippen LogP contribution in [0.1, 0.15) is 21.6 Å². The van der Waals surface area contributed by atoms with Gasteiger partial charge in [-0.25, -0.2) is 5.43 Å². The number of hydrazone groups is 1. The summed E-state index contributed by atoms with van der Waals surface area (Å²) < 4.78 is 2.18. The van der Waals surface area contributed by atoms with E-state index in [1.807, 2.05) is 24.3 Å². The third-order valence-corrected chi connectivity index (χ3v) is 4.19. The molecule has 0 spiro atoms. The Kier molecular flexibility index (Phi) is 5.80. The highest BCUT2D eigenvalue weighted by atomic mass is 79.9. The van der Waals surface area contributed by atoms with Gasteiger partial charge in [-0.2, -0.15) is 10.2 Å². The Bertz CT molecular complexity index is 1060. The molecule has 0 saturated carbocycles. The zero-order chi connectivity index (χ0) is 20.1. The third-order valence-electron chi connectivity index (χ3n) is 3.69. The minimum absolute atomic E-state index is 0.00946. The largest absolute Gasteiger partial charge is 0.507 e. The number of nitro groups is 1. The number of nitrogens with one attached hydrogen (secondary N) is 1. The van der Waals surface area contributed by atoms with Crippen LogP contribution in [0.5, 0.6) is 5.75 Å². The first-order chi connectivity index (χ1) is 13.4. The monoisotopic (exact) mass is 443 g/mol. The Balaban J connectivity index is 1.78. The van der Waals surface area contributed by atoms with Crippen LogP contribution >= 0.6 is 15.9 Å². The molecule has 1 aromatic heterocycles. The van der Waals surface area contributed by atoms with Crippen molar-refractivity contribution in [3.8, 4) is 5.75 Å². The lowest BCUT2D eigenvalue weighted by Gasteiger charge is -2.01. The van der Waals surface area contributed by atoms with Crippen LogP contribution in [0.25, 0.3) is 0 Å². The van der Waals surface area contributed by atoms with Crippen molar-refractivity contribution in [3.05, 3.63) is 86.1 Å². The highest BCUT2D eigenvalue weighted by molar-refractivity contribution is 9.10. The second-order valence-corrected chi connectivity index (χ2v) is 6.62. The standard InChI is InChI=1S/C18H14BrN5O4/c19-14-6-3-4-12(8-14)10-23-11-15(24(27)28)17(22-23)18(26)21-20-9-13-5-1-2-7-16(13)25/h1-9,11,25H,10H2,(H,21,26)/b20-9+. The maximum atomic E-state index is 12.3. The van der Waals surface area contributed by atoms with Gasteiger partial charge in [0.2, 0.25) is 5.69 Å². The lowest BCUT2D eigenvalue weighted by Crippen LogP contribution is -2.19. The summed E-state index contributed by atoms with van der Waals surface area (Å²) >= 11 is 3.36. The van der Waals surface area contributed by atoms with Crippen LogP contribution in [0.2, 0.25) is 0 Å². The summed E-state index contributed by atoms with van der Waals surface area (Å²) in [6, 6.07) is 13.8. The molecule has 28 heavy (non-hydrogen) atoms. The van der Waals surface area contributed by atoms with Gasteiger partial charge in [0, 0.05) is 10.0 Å². The van der Waals surface area contributed by atoms with E-state index in [-0.39, 0.29) is 18.0 Å². The second kappa shape index (κ2) is 8.44. The lowest BCUT2D eigenvalue weighted by molar-refractivity contribution is -0.385. The second-order valence-electron chi connectivity index (χ2n) is 5.71. The van der Waals surface area contributed by atoms with Crippen LogP contribution in [-0.2, 0) is 6.54 Å². The molecule has 3 aromatic rings. The van der Waals surface area contributed by atoms with Gasteiger partial charge >= 0.3 is 5.69 Å². The van der Waals surface area contributed by atoms with Gasteiger partial charge in [0.25, 0.3) is 5.91 Å². The first-order valence-corrected chi connectivity index (χ1v) is 8.81. The molecule has 0 radical (unpaired) electrons. The smallest absolute Gasteiger partial charge is 0.320 e. The van der Waals surface area contributed by atoms with Crippen LogP contribution in [0.3, 0.4) is 0 Å². The normalized spacial score (nSPS) is 10.9. The molecule has 1 heterocycles. The van der Waals surface area contributed by atoms with Gasteiger partial charge in [-0.3, -0.25) is 19.6 Å². The molecule has 9 nitrogen and oxygen atoms in total. The zero-order valence-corrected chi connectivity index (χ0v) is 15.9. The van der Waals surface area contributed by atoms with E-state index in [0.29, 0.717) is 5.56 Å². The van der Waals surface area contributed by atoms with Crippen molar-refractivity contribution in [3.63, 3.8) is 0 Å². The van der Waals surface area contributed by atoms with Crippen LogP contribution in [-0.4, -0.2) is 31.9 Å². The fourth-order valence-electron chi connectivity index (χ4n) is 2.42. The van der Waals surface area contributed by atoms with E-state index in [0.717, 1.165) is 10.0 Å². The molecule has 2 N–H and O–H groups in total. The molecule has 0 fully saturated rings. The van der Waals surface area contributed by atoms with Crippen molar-refractivity contribution in [2.24, 2.45) is 5.10 Å². The van der Waals surface area contributed by atoms with Crippen LogP contribution in [0.4, 0.5) is 5.69 Å². The van der Waals surface area contributed by atoms with Crippen molar-refractivity contribution in [1.82, 2.24) is 15.2 Å². The minimum Gasteiger partial charge on any atom is -0.507 e. The SMILES string of the molecule is O=C(N/N=C/c1ccccc1O)c1nn(Cc2cccc(Br)c2)cc1[N+](=O)[O-]. The van der Waals surface area contributed by atoms with Crippen LogP contribution in [0, 0.1) is 10.1 Å². The third kappa shape index (κ3) is 4.60. The van der Waals surface area contributed by atoms with Crippen molar-refractivity contribution in [1.29, 1.82) is 0 Å². The van der Waals surface area contributed by atoms with E-state index in [1.165, 1.54) is 23.2 Å². The Morgan fingerprint density at radius 1 is 1.32 bits per heavy atom. The number of benzene rings is 2. The average molecular weight is 444 g/mol. The number of carbonyl (C=O) groups excluding carboxylic acids is 1. The van der Waals surface area contributed by atoms with E-state index in [2.05, 4.69) is 31.6 Å². The van der Waals surface area contributed by atoms with Gasteiger partial charge in [-0.05, 0) is 29.8 Å². The summed E-state index contributed by atoms with van der Waals surface area (Å²) in [5, 5.41) is 28.7. The Morgan fingerprint density at radius 2 is 2.11 bits per heavy atom. The Labute approximate surface area is 167 Å². The van der Waals surface area contributed by atoms with E-state index >= 15 is 0 Å². The highest BCUT2D eigenvalue weighted by Crippen LogP contribution is 2.19. The molecule has 0 aliphatic carbocycles. The van der Waals surface area contributed by atoms with E-state index in [9.17, 15) is 20.0 Å². The fourth-order valence-corrected chi connectivity index (χ4v) is 2.87. The number of amides is 1. The maximum absolute atomic E-state index is 12.3. The molecule has 2 aromatic carbocycles.